The van der Waals surface area contributed by atoms with Crippen LogP contribution in [0.2, 0.25) is 0 Å². The molecule has 3 nitrogen and oxygen atoms in total. The SMILES string of the molecule is CSC(C)CNCCCS(C)(=O)=O. The summed E-state index contributed by atoms with van der Waals surface area (Å²) < 4.78 is 21.5. The smallest absolute Gasteiger partial charge is 0.147 e. The molecule has 0 bridgehead atoms. The third kappa shape index (κ3) is 10.2. The van der Waals surface area contributed by atoms with Crippen molar-refractivity contribution in [1.82, 2.24) is 5.32 Å². The van der Waals surface area contributed by atoms with Crippen molar-refractivity contribution in [3.05, 3.63) is 0 Å². The minimum absolute atomic E-state index is 0.285. The first-order valence-electron chi connectivity index (χ1n) is 4.37. The van der Waals surface area contributed by atoms with E-state index in [-0.39, 0.29) is 5.75 Å². The average molecular weight is 225 g/mol. The van der Waals surface area contributed by atoms with Crippen LogP contribution in [-0.4, -0.2) is 45.0 Å². The van der Waals surface area contributed by atoms with Gasteiger partial charge in [-0.3, -0.25) is 0 Å². The number of sulfone groups is 1. The Labute approximate surface area is 85.6 Å². The summed E-state index contributed by atoms with van der Waals surface area (Å²) in [5.41, 5.74) is 0. The molecule has 0 aromatic heterocycles. The van der Waals surface area contributed by atoms with Crippen LogP contribution in [-0.2, 0) is 9.84 Å². The summed E-state index contributed by atoms with van der Waals surface area (Å²) in [6.07, 6.45) is 4.06. The summed E-state index contributed by atoms with van der Waals surface area (Å²) in [6, 6.07) is 0. The van der Waals surface area contributed by atoms with Crippen LogP contribution in [0.25, 0.3) is 0 Å². The molecule has 0 aliphatic heterocycles. The van der Waals surface area contributed by atoms with Gasteiger partial charge in [-0.15, -0.1) is 0 Å². The fourth-order valence-corrected chi connectivity index (χ4v) is 1.80. The Morgan fingerprint density at radius 2 is 2.08 bits per heavy atom. The maximum absolute atomic E-state index is 10.8. The third-order valence-electron chi connectivity index (χ3n) is 1.70. The van der Waals surface area contributed by atoms with E-state index in [2.05, 4.69) is 18.5 Å². The Balaban J connectivity index is 3.27. The Hall–Kier alpha value is 0.260. The van der Waals surface area contributed by atoms with Crippen LogP contribution in [0.4, 0.5) is 0 Å². The van der Waals surface area contributed by atoms with E-state index in [1.54, 1.807) is 0 Å². The van der Waals surface area contributed by atoms with Crippen LogP contribution in [0.1, 0.15) is 13.3 Å². The van der Waals surface area contributed by atoms with E-state index < -0.39 is 9.84 Å². The third-order valence-corrected chi connectivity index (χ3v) is 3.70. The largest absolute Gasteiger partial charge is 0.316 e. The summed E-state index contributed by atoms with van der Waals surface area (Å²) in [7, 11) is -2.78. The van der Waals surface area contributed by atoms with Crippen molar-refractivity contribution < 1.29 is 8.42 Å². The van der Waals surface area contributed by atoms with E-state index >= 15 is 0 Å². The molecule has 1 atom stereocenters. The fraction of sp³-hybridized carbons (Fsp3) is 1.00. The van der Waals surface area contributed by atoms with E-state index in [0.717, 1.165) is 13.1 Å². The molecular weight excluding hydrogens is 206 g/mol. The Morgan fingerprint density at radius 1 is 1.46 bits per heavy atom. The number of nitrogens with one attached hydrogen (secondary N) is 1. The highest BCUT2D eigenvalue weighted by atomic mass is 32.2. The molecule has 0 radical (unpaired) electrons. The maximum atomic E-state index is 10.8. The lowest BCUT2D eigenvalue weighted by Crippen LogP contribution is -2.24. The number of rotatable bonds is 7. The second kappa shape index (κ2) is 6.68. The van der Waals surface area contributed by atoms with Crippen molar-refractivity contribution in [2.45, 2.75) is 18.6 Å². The van der Waals surface area contributed by atoms with Crippen molar-refractivity contribution in [2.75, 3.05) is 31.4 Å². The first-order chi connectivity index (χ1) is 5.95. The molecule has 0 saturated heterocycles. The van der Waals surface area contributed by atoms with Gasteiger partial charge in [0.15, 0.2) is 0 Å². The second-order valence-electron chi connectivity index (χ2n) is 3.23. The van der Waals surface area contributed by atoms with Crippen molar-refractivity contribution >= 4 is 21.6 Å². The molecule has 80 valence electrons. The van der Waals surface area contributed by atoms with Crippen LogP contribution in [0, 0.1) is 0 Å². The van der Waals surface area contributed by atoms with Gasteiger partial charge in [0.25, 0.3) is 0 Å². The van der Waals surface area contributed by atoms with Gasteiger partial charge in [-0.2, -0.15) is 11.8 Å². The van der Waals surface area contributed by atoms with Gasteiger partial charge in [0.1, 0.15) is 9.84 Å². The lowest BCUT2D eigenvalue weighted by Gasteiger charge is -2.08. The van der Waals surface area contributed by atoms with Crippen molar-refractivity contribution in [1.29, 1.82) is 0 Å². The van der Waals surface area contributed by atoms with E-state index in [1.165, 1.54) is 6.26 Å². The van der Waals surface area contributed by atoms with Crippen LogP contribution in [0.3, 0.4) is 0 Å². The summed E-state index contributed by atoms with van der Waals surface area (Å²) in [5, 5.41) is 3.82. The molecule has 0 heterocycles. The molecule has 0 aliphatic rings. The van der Waals surface area contributed by atoms with E-state index in [1.807, 2.05) is 11.8 Å². The van der Waals surface area contributed by atoms with Crippen LogP contribution in [0.15, 0.2) is 0 Å². The Kier molecular flexibility index (Phi) is 6.81. The van der Waals surface area contributed by atoms with Gasteiger partial charge in [-0.25, -0.2) is 8.42 Å². The molecule has 0 spiro atoms. The number of hydrogen-bond acceptors (Lipinski definition) is 4. The van der Waals surface area contributed by atoms with Gasteiger partial charge in [0, 0.05) is 18.1 Å². The molecule has 0 aromatic rings. The zero-order chi connectivity index (χ0) is 10.3. The predicted molar refractivity (Wildman–Crippen MR) is 60.2 cm³/mol. The standard InChI is InChI=1S/C8H19NO2S2/c1-8(12-2)7-9-5-4-6-13(3,10)11/h8-9H,4-7H2,1-3H3. The fourth-order valence-electron chi connectivity index (χ4n) is 0.848. The molecule has 0 aromatic carbocycles. The van der Waals surface area contributed by atoms with E-state index in [0.29, 0.717) is 11.7 Å². The van der Waals surface area contributed by atoms with Crippen LogP contribution < -0.4 is 5.32 Å². The van der Waals surface area contributed by atoms with Crippen LogP contribution >= 0.6 is 11.8 Å². The molecule has 13 heavy (non-hydrogen) atoms. The van der Waals surface area contributed by atoms with Gasteiger partial charge in [0.2, 0.25) is 0 Å². The molecule has 0 fully saturated rings. The van der Waals surface area contributed by atoms with Gasteiger partial charge >= 0.3 is 0 Å². The molecular formula is C8H19NO2S2. The maximum Gasteiger partial charge on any atom is 0.147 e. The quantitative estimate of drug-likeness (QED) is 0.650. The average Bonchev–Trinajstić information content (AvgIpc) is 2.01. The summed E-state index contributed by atoms with van der Waals surface area (Å²) in [6.45, 7) is 3.89. The van der Waals surface area contributed by atoms with Crippen molar-refractivity contribution in [3.63, 3.8) is 0 Å². The highest BCUT2D eigenvalue weighted by Crippen LogP contribution is 2.02. The molecule has 1 N–H and O–H groups in total. The normalized spacial score (nSPS) is 14.4. The molecule has 0 aliphatic carbocycles. The van der Waals surface area contributed by atoms with Crippen molar-refractivity contribution in [3.8, 4) is 0 Å². The van der Waals surface area contributed by atoms with Crippen molar-refractivity contribution in [2.24, 2.45) is 0 Å². The van der Waals surface area contributed by atoms with Gasteiger partial charge in [-0.1, -0.05) is 6.92 Å². The summed E-state index contributed by atoms with van der Waals surface area (Å²) in [4.78, 5) is 0. The lowest BCUT2D eigenvalue weighted by molar-refractivity contribution is 0.594. The van der Waals surface area contributed by atoms with Gasteiger partial charge in [0.05, 0.1) is 5.75 Å². The van der Waals surface area contributed by atoms with Gasteiger partial charge in [-0.05, 0) is 19.2 Å². The monoisotopic (exact) mass is 225 g/mol. The van der Waals surface area contributed by atoms with E-state index in [9.17, 15) is 8.42 Å². The van der Waals surface area contributed by atoms with E-state index in [4.69, 9.17) is 0 Å². The highest BCUT2D eigenvalue weighted by Gasteiger charge is 2.01. The Morgan fingerprint density at radius 3 is 2.54 bits per heavy atom. The first-order valence-corrected chi connectivity index (χ1v) is 7.72. The summed E-state index contributed by atoms with van der Waals surface area (Å²) >= 11 is 1.81. The molecule has 5 heteroatoms. The van der Waals surface area contributed by atoms with Gasteiger partial charge < -0.3 is 5.32 Å². The number of thioether (sulfide) groups is 1. The lowest BCUT2D eigenvalue weighted by atomic mass is 10.4. The zero-order valence-electron chi connectivity index (χ0n) is 8.54. The highest BCUT2D eigenvalue weighted by molar-refractivity contribution is 7.99. The summed E-state index contributed by atoms with van der Waals surface area (Å²) in [5.74, 6) is 0.285. The zero-order valence-corrected chi connectivity index (χ0v) is 10.2. The Bertz CT molecular complexity index is 214. The second-order valence-corrected chi connectivity index (χ2v) is 6.77. The van der Waals surface area contributed by atoms with Crippen LogP contribution in [0.5, 0.6) is 0 Å². The first kappa shape index (κ1) is 13.3. The topological polar surface area (TPSA) is 46.2 Å². The minimum Gasteiger partial charge on any atom is -0.316 e. The molecule has 1 unspecified atom stereocenters. The molecule has 0 rings (SSSR count). The predicted octanol–water partition coefficient (Wildman–Crippen LogP) is 0.762. The minimum atomic E-state index is -2.78. The molecule has 0 amide bonds. The number of hydrogen-bond donors (Lipinski definition) is 1. The molecule has 0 saturated carbocycles.